The topological polar surface area (TPSA) is 43.8 Å². The van der Waals surface area contributed by atoms with Crippen LogP contribution < -0.4 is 5.73 Å². The number of aromatic nitrogens is 2. The quantitative estimate of drug-likeness (QED) is 0.773. The van der Waals surface area contributed by atoms with Crippen LogP contribution in [-0.4, -0.2) is 9.78 Å². The van der Waals surface area contributed by atoms with E-state index in [4.69, 9.17) is 5.73 Å². The van der Waals surface area contributed by atoms with E-state index < -0.39 is 0 Å². The number of rotatable bonds is 3. The van der Waals surface area contributed by atoms with Crippen molar-refractivity contribution in [3.05, 3.63) is 70.3 Å². The lowest BCUT2D eigenvalue weighted by Crippen LogP contribution is -2.00. The monoisotopic (exact) mass is 341 g/mol. The highest BCUT2D eigenvalue weighted by Gasteiger charge is 2.08. The summed E-state index contributed by atoms with van der Waals surface area (Å²) in [6.45, 7) is 2.77. The SMILES string of the molecule is Cc1ccc(-c2nn(Cc3cccc(Br)c3)cc2N)cc1. The molecule has 1 aromatic heterocycles. The molecular formula is C17H16BrN3. The van der Waals surface area contributed by atoms with Gasteiger partial charge >= 0.3 is 0 Å². The van der Waals surface area contributed by atoms with Gasteiger partial charge in [0, 0.05) is 16.2 Å². The molecule has 0 fully saturated rings. The zero-order valence-corrected chi connectivity index (χ0v) is 13.3. The Bertz CT molecular complexity index is 760. The van der Waals surface area contributed by atoms with Gasteiger partial charge in [0.2, 0.25) is 0 Å². The van der Waals surface area contributed by atoms with E-state index in [0.717, 1.165) is 15.7 Å². The molecule has 0 aliphatic heterocycles. The van der Waals surface area contributed by atoms with Crippen LogP contribution in [0.5, 0.6) is 0 Å². The van der Waals surface area contributed by atoms with Crippen molar-refractivity contribution in [3.8, 4) is 11.3 Å². The normalized spacial score (nSPS) is 10.8. The van der Waals surface area contributed by atoms with E-state index in [-0.39, 0.29) is 0 Å². The minimum absolute atomic E-state index is 0.703. The fourth-order valence-corrected chi connectivity index (χ4v) is 2.72. The number of anilines is 1. The average molecular weight is 342 g/mol. The number of hydrogen-bond acceptors (Lipinski definition) is 2. The number of nitrogens with zero attached hydrogens (tertiary/aromatic N) is 2. The summed E-state index contributed by atoms with van der Waals surface area (Å²) in [4.78, 5) is 0. The van der Waals surface area contributed by atoms with Crippen LogP contribution in [0, 0.1) is 6.92 Å². The maximum absolute atomic E-state index is 6.10. The number of benzene rings is 2. The third-order valence-electron chi connectivity index (χ3n) is 3.35. The first kappa shape index (κ1) is 13.9. The van der Waals surface area contributed by atoms with Gasteiger partial charge in [0.1, 0.15) is 5.69 Å². The van der Waals surface area contributed by atoms with Crippen LogP contribution in [0.3, 0.4) is 0 Å². The minimum atomic E-state index is 0.703. The fraction of sp³-hybridized carbons (Fsp3) is 0.118. The highest BCUT2D eigenvalue weighted by Crippen LogP contribution is 2.24. The number of nitrogens with two attached hydrogens (primary N) is 1. The van der Waals surface area contributed by atoms with Crippen LogP contribution in [0.1, 0.15) is 11.1 Å². The Morgan fingerprint density at radius 3 is 2.62 bits per heavy atom. The van der Waals surface area contributed by atoms with E-state index in [1.54, 1.807) is 0 Å². The molecule has 0 radical (unpaired) electrons. The van der Waals surface area contributed by atoms with Crippen LogP contribution in [0.4, 0.5) is 5.69 Å². The maximum atomic E-state index is 6.10. The Labute approximate surface area is 132 Å². The first-order chi connectivity index (χ1) is 10.1. The van der Waals surface area contributed by atoms with Crippen LogP contribution in [0.15, 0.2) is 59.2 Å². The van der Waals surface area contributed by atoms with Crippen molar-refractivity contribution < 1.29 is 0 Å². The molecule has 0 aliphatic carbocycles. The lowest BCUT2D eigenvalue weighted by Gasteiger charge is -2.02. The molecule has 4 heteroatoms. The van der Waals surface area contributed by atoms with Crippen molar-refractivity contribution in [1.29, 1.82) is 0 Å². The standard InChI is InChI=1S/C17H16BrN3/c1-12-5-7-14(8-6-12)17-16(19)11-21(20-17)10-13-3-2-4-15(18)9-13/h2-9,11H,10,19H2,1H3. The van der Waals surface area contributed by atoms with Gasteiger partial charge in [-0.1, -0.05) is 57.9 Å². The van der Waals surface area contributed by atoms with Crippen LogP contribution >= 0.6 is 15.9 Å². The molecule has 0 spiro atoms. The molecule has 2 N–H and O–H groups in total. The lowest BCUT2D eigenvalue weighted by molar-refractivity contribution is 0.689. The lowest BCUT2D eigenvalue weighted by atomic mass is 10.1. The van der Waals surface area contributed by atoms with Gasteiger partial charge in [0.15, 0.2) is 0 Å². The Balaban J connectivity index is 1.89. The smallest absolute Gasteiger partial charge is 0.115 e. The second kappa shape index (κ2) is 5.74. The second-order valence-electron chi connectivity index (χ2n) is 5.13. The van der Waals surface area contributed by atoms with E-state index in [1.807, 2.05) is 23.0 Å². The summed E-state index contributed by atoms with van der Waals surface area (Å²) in [5, 5.41) is 4.61. The van der Waals surface area contributed by atoms with Crippen molar-refractivity contribution in [1.82, 2.24) is 9.78 Å². The molecule has 21 heavy (non-hydrogen) atoms. The number of halogens is 1. The van der Waals surface area contributed by atoms with Gasteiger partial charge in [-0.25, -0.2) is 0 Å². The van der Waals surface area contributed by atoms with Gasteiger partial charge in [-0.3, -0.25) is 4.68 Å². The van der Waals surface area contributed by atoms with Gasteiger partial charge in [0.25, 0.3) is 0 Å². The maximum Gasteiger partial charge on any atom is 0.115 e. The first-order valence-electron chi connectivity index (χ1n) is 6.76. The molecule has 106 valence electrons. The zero-order chi connectivity index (χ0) is 14.8. The molecule has 3 aromatic rings. The Kier molecular flexibility index (Phi) is 3.80. The van der Waals surface area contributed by atoms with Gasteiger partial charge in [-0.2, -0.15) is 5.10 Å². The van der Waals surface area contributed by atoms with Crippen molar-refractivity contribution >= 4 is 21.6 Å². The summed E-state index contributed by atoms with van der Waals surface area (Å²) in [5.41, 5.74) is 11.1. The molecule has 0 atom stereocenters. The predicted molar refractivity (Wildman–Crippen MR) is 90.1 cm³/mol. The van der Waals surface area contributed by atoms with Crippen molar-refractivity contribution in [3.63, 3.8) is 0 Å². The van der Waals surface area contributed by atoms with Gasteiger partial charge in [-0.05, 0) is 24.6 Å². The van der Waals surface area contributed by atoms with Gasteiger partial charge in [0.05, 0.1) is 12.2 Å². The number of aryl methyl sites for hydroxylation is 1. The van der Waals surface area contributed by atoms with Crippen LogP contribution in [0.2, 0.25) is 0 Å². The summed E-state index contributed by atoms with van der Waals surface area (Å²) in [6, 6.07) is 16.4. The molecule has 0 saturated heterocycles. The fourth-order valence-electron chi connectivity index (χ4n) is 2.28. The molecule has 3 rings (SSSR count). The van der Waals surface area contributed by atoms with Gasteiger partial charge in [-0.15, -0.1) is 0 Å². The van der Waals surface area contributed by atoms with Gasteiger partial charge < -0.3 is 5.73 Å². The number of hydrogen-bond donors (Lipinski definition) is 1. The molecule has 0 bridgehead atoms. The van der Waals surface area contributed by atoms with Crippen molar-refractivity contribution in [2.24, 2.45) is 0 Å². The molecular weight excluding hydrogens is 326 g/mol. The third-order valence-corrected chi connectivity index (χ3v) is 3.84. The Hall–Kier alpha value is -2.07. The third kappa shape index (κ3) is 3.16. The summed E-state index contributed by atoms with van der Waals surface area (Å²) in [7, 11) is 0. The van der Waals surface area contributed by atoms with E-state index >= 15 is 0 Å². The van der Waals surface area contributed by atoms with Crippen molar-refractivity contribution in [2.45, 2.75) is 13.5 Å². The summed E-state index contributed by atoms with van der Waals surface area (Å²) < 4.78 is 2.95. The summed E-state index contributed by atoms with van der Waals surface area (Å²) >= 11 is 3.48. The Morgan fingerprint density at radius 2 is 1.90 bits per heavy atom. The molecule has 3 nitrogen and oxygen atoms in total. The zero-order valence-electron chi connectivity index (χ0n) is 11.8. The van der Waals surface area contributed by atoms with E-state index in [0.29, 0.717) is 12.2 Å². The van der Waals surface area contributed by atoms with E-state index in [9.17, 15) is 0 Å². The number of nitrogen functional groups attached to an aromatic ring is 1. The highest BCUT2D eigenvalue weighted by molar-refractivity contribution is 9.10. The molecule has 0 amide bonds. The minimum Gasteiger partial charge on any atom is -0.396 e. The predicted octanol–water partition coefficient (Wildman–Crippen LogP) is 4.25. The van der Waals surface area contributed by atoms with Crippen LogP contribution in [0.25, 0.3) is 11.3 Å². The van der Waals surface area contributed by atoms with Crippen LogP contribution in [-0.2, 0) is 6.54 Å². The van der Waals surface area contributed by atoms with Crippen molar-refractivity contribution in [2.75, 3.05) is 5.73 Å². The van der Waals surface area contributed by atoms with E-state index in [1.165, 1.54) is 11.1 Å². The molecule has 2 aromatic carbocycles. The highest BCUT2D eigenvalue weighted by atomic mass is 79.9. The molecule has 1 heterocycles. The molecule has 0 unspecified atom stereocenters. The first-order valence-corrected chi connectivity index (χ1v) is 7.55. The molecule has 0 saturated carbocycles. The Morgan fingerprint density at radius 1 is 1.14 bits per heavy atom. The second-order valence-corrected chi connectivity index (χ2v) is 6.04. The largest absolute Gasteiger partial charge is 0.396 e. The summed E-state index contributed by atoms with van der Waals surface area (Å²) in [5.74, 6) is 0. The molecule has 0 aliphatic rings. The van der Waals surface area contributed by atoms with E-state index in [2.05, 4.69) is 64.4 Å². The average Bonchev–Trinajstić information content (AvgIpc) is 2.80. The summed E-state index contributed by atoms with van der Waals surface area (Å²) in [6.07, 6.45) is 1.89.